The van der Waals surface area contributed by atoms with Crippen LogP contribution in [0.1, 0.15) is 18.4 Å². The average molecular weight is 328 g/mol. The van der Waals surface area contributed by atoms with Gasteiger partial charge >= 0.3 is 0 Å². The van der Waals surface area contributed by atoms with Crippen LogP contribution in [0.5, 0.6) is 0 Å². The summed E-state index contributed by atoms with van der Waals surface area (Å²) in [6.45, 7) is 2.42. The molecule has 0 radical (unpaired) electrons. The number of likely N-dealkylation sites (N-methyl/N-ethyl adjacent to an activating group) is 1. The van der Waals surface area contributed by atoms with Gasteiger partial charge in [0.25, 0.3) is 0 Å². The molecule has 1 amide bonds. The van der Waals surface area contributed by atoms with Gasteiger partial charge in [0.2, 0.25) is 5.91 Å². The van der Waals surface area contributed by atoms with Gasteiger partial charge < -0.3 is 10.0 Å². The zero-order chi connectivity index (χ0) is 16.9. The number of carbonyl (C=O) groups excluding carboxylic acids is 1. The van der Waals surface area contributed by atoms with E-state index in [-0.39, 0.29) is 5.91 Å². The Labute approximate surface area is 142 Å². The Hall–Kier alpha value is -2.18. The molecule has 128 valence electrons. The van der Waals surface area contributed by atoms with Gasteiger partial charge in [-0.15, -0.1) is 0 Å². The van der Waals surface area contributed by atoms with Gasteiger partial charge in [0, 0.05) is 44.4 Å². The largest absolute Gasteiger partial charge is 0.390 e. The molecule has 1 unspecified atom stereocenters. The number of para-hydroxylation sites is 1. The SMILES string of the molecule is CN(Cc1cnn(-c2ccccc2)c1)CC(O)CN1CCCC1=O. The lowest BCUT2D eigenvalue weighted by molar-refractivity contribution is -0.129. The van der Waals surface area contributed by atoms with E-state index in [4.69, 9.17) is 0 Å². The predicted molar refractivity (Wildman–Crippen MR) is 91.7 cm³/mol. The number of nitrogens with zero attached hydrogens (tertiary/aromatic N) is 4. The molecule has 6 nitrogen and oxygen atoms in total. The minimum absolute atomic E-state index is 0.154. The third kappa shape index (κ3) is 4.21. The molecule has 1 aromatic heterocycles. The summed E-state index contributed by atoms with van der Waals surface area (Å²) in [5, 5.41) is 14.6. The van der Waals surface area contributed by atoms with Gasteiger partial charge in [0.1, 0.15) is 0 Å². The van der Waals surface area contributed by atoms with Crippen molar-refractivity contribution < 1.29 is 9.90 Å². The van der Waals surface area contributed by atoms with Crippen LogP contribution in [0, 0.1) is 0 Å². The molecule has 1 aromatic carbocycles. The number of aliphatic hydroxyl groups is 1. The number of hydrogen-bond donors (Lipinski definition) is 1. The van der Waals surface area contributed by atoms with E-state index >= 15 is 0 Å². The summed E-state index contributed by atoms with van der Waals surface area (Å²) in [4.78, 5) is 15.4. The number of aromatic nitrogens is 2. The maximum atomic E-state index is 11.6. The number of amides is 1. The molecule has 1 aliphatic heterocycles. The lowest BCUT2D eigenvalue weighted by atomic mass is 10.2. The number of aliphatic hydroxyl groups excluding tert-OH is 1. The monoisotopic (exact) mass is 328 g/mol. The molecule has 1 N–H and O–H groups in total. The molecule has 0 spiro atoms. The highest BCUT2D eigenvalue weighted by Gasteiger charge is 2.23. The van der Waals surface area contributed by atoms with E-state index in [0.717, 1.165) is 24.2 Å². The van der Waals surface area contributed by atoms with E-state index in [1.165, 1.54) is 0 Å². The van der Waals surface area contributed by atoms with E-state index in [2.05, 4.69) is 10.00 Å². The molecule has 1 atom stereocenters. The van der Waals surface area contributed by atoms with Crippen molar-refractivity contribution in [2.75, 3.05) is 26.7 Å². The summed E-state index contributed by atoms with van der Waals surface area (Å²) in [6, 6.07) is 9.97. The molecule has 1 fully saturated rings. The average Bonchev–Trinajstić information content (AvgIpc) is 3.18. The summed E-state index contributed by atoms with van der Waals surface area (Å²) in [7, 11) is 1.97. The summed E-state index contributed by atoms with van der Waals surface area (Å²) in [5.74, 6) is 0.154. The molecule has 2 heterocycles. The zero-order valence-electron chi connectivity index (χ0n) is 14.0. The molecule has 24 heavy (non-hydrogen) atoms. The molecule has 1 saturated heterocycles. The van der Waals surface area contributed by atoms with E-state index < -0.39 is 6.10 Å². The number of β-amino-alcohol motifs (C(OH)–C–C–N with tert-alkyl or cyclic N) is 1. The molecule has 0 saturated carbocycles. The van der Waals surface area contributed by atoms with Crippen LogP contribution in [-0.4, -0.2) is 63.4 Å². The van der Waals surface area contributed by atoms with Crippen LogP contribution < -0.4 is 0 Å². The van der Waals surface area contributed by atoms with Crippen LogP contribution in [0.3, 0.4) is 0 Å². The normalized spacial score (nSPS) is 16.1. The number of likely N-dealkylation sites (tertiary alicyclic amines) is 1. The second-order valence-corrected chi connectivity index (χ2v) is 6.42. The molecular weight excluding hydrogens is 304 g/mol. The number of carbonyl (C=O) groups is 1. The molecule has 2 aromatic rings. The van der Waals surface area contributed by atoms with Gasteiger partial charge in [0.05, 0.1) is 18.0 Å². The fourth-order valence-corrected chi connectivity index (χ4v) is 3.11. The quantitative estimate of drug-likeness (QED) is 0.832. The molecule has 3 rings (SSSR count). The number of rotatable bonds is 7. The standard InChI is InChI=1S/C18H24N4O2/c1-20(13-17(23)14-21-9-5-8-18(21)24)11-15-10-19-22(12-15)16-6-3-2-4-7-16/h2-4,6-7,10,12,17,23H,5,8-9,11,13-14H2,1H3. The van der Waals surface area contributed by atoms with E-state index in [9.17, 15) is 9.90 Å². The number of hydrogen-bond acceptors (Lipinski definition) is 4. The summed E-state index contributed by atoms with van der Waals surface area (Å²) >= 11 is 0. The van der Waals surface area contributed by atoms with Gasteiger partial charge in [-0.3, -0.25) is 9.69 Å². The highest BCUT2D eigenvalue weighted by atomic mass is 16.3. The van der Waals surface area contributed by atoms with Crippen molar-refractivity contribution in [2.45, 2.75) is 25.5 Å². The van der Waals surface area contributed by atoms with Crippen molar-refractivity contribution in [2.24, 2.45) is 0 Å². The van der Waals surface area contributed by atoms with Crippen molar-refractivity contribution >= 4 is 5.91 Å². The van der Waals surface area contributed by atoms with Crippen LogP contribution in [0.25, 0.3) is 5.69 Å². The highest BCUT2D eigenvalue weighted by molar-refractivity contribution is 5.78. The van der Waals surface area contributed by atoms with Gasteiger partial charge in [-0.25, -0.2) is 4.68 Å². The highest BCUT2D eigenvalue weighted by Crippen LogP contribution is 2.12. The predicted octanol–water partition coefficient (Wildman–Crippen LogP) is 1.29. The smallest absolute Gasteiger partial charge is 0.222 e. The topological polar surface area (TPSA) is 61.6 Å². The first-order chi connectivity index (χ1) is 11.6. The van der Waals surface area contributed by atoms with E-state index in [0.29, 0.717) is 26.1 Å². The van der Waals surface area contributed by atoms with Gasteiger partial charge in [-0.1, -0.05) is 18.2 Å². The number of benzene rings is 1. The Bertz CT molecular complexity index is 671. The van der Waals surface area contributed by atoms with Crippen LogP contribution in [0.2, 0.25) is 0 Å². The first-order valence-electron chi connectivity index (χ1n) is 8.35. The minimum Gasteiger partial charge on any atom is -0.390 e. The van der Waals surface area contributed by atoms with Crippen molar-refractivity contribution in [3.8, 4) is 5.69 Å². The van der Waals surface area contributed by atoms with Crippen molar-refractivity contribution in [3.05, 3.63) is 48.3 Å². The Morgan fingerprint density at radius 1 is 1.33 bits per heavy atom. The van der Waals surface area contributed by atoms with Crippen LogP contribution in [0.15, 0.2) is 42.7 Å². The second kappa shape index (κ2) is 7.59. The lowest BCUT2D eigenvalue weighted by Crippen LogP contribution is -2.39. The lowest BCUT2D eigenvalue weighted by Gasteiger charge is -2.24. The summed E-state index contributed by atoms with van der Waals surface area (Å²) < 4.78 is 1.85. The molecule has 0 bridgehead atoms. The zero-order valence-corrected chi connectivity index (χ0v) is 14.0. The van der Waals surface area contributed by atoms with Gasteiger partial charge in [-0.2, -0.15) is 5.10 Å². The summed E-state index contributed by atoms with van der Waals surface area (Å²) in [6.07, 6.45) is 4.84. The minimum atomic E-state index is -0.527. The van der Waals surface area contributed by atoms with Crippen molar-refractivity contribution in [1.82, 2.24) is 19.6 Å². The van der Waals surface area contributed by atoms with Crippen molar-refractivity contribution in [1.29, 1.82) is 0 Å². The second-order valence-electron chi connectivity index (χ2n) is 6.42. The maximum absolute atomic E-state index is 11.6. The summed E-state index contributed by atoms with van der Waals surface area (Å²) in [5.41, 5.74) is 2.12. The van der Waals surface area contributed by atoms with E-state index in [1.807, 2.05) is 54.5 Å². The third-order valence-electron chi connectivity index (χ3n) is 4.23. The molecular formula is C18H24N4O2. The first kappa shape index (κ1) is 16.7. The Morgan fingerprint density at radius 3 is 2.83 bits per heavy atom. The Kier molecular flexibility index (Phi) is 5.27. The molecule has 1 aliphatic rings. The molecule has 0 aliphatic carbocycles. The Morgan fingerprint density at radius 2 is 2.12 bits per heavy atom. The van der Waals surface area contributed by atoms with Crippen LogP contribution >= 0.6 is 0 Å². The first-order valence-corrected chi connectivity index (χ1v) is 8.35. The van der Waals surface area contributed by atoms with Gasteiger partial charge in [-0.05, 0) is 25.6 Å². The van der Waals surface area contributed by atoms with Crippen LogP contribution in [0.4, 0.5) is 0 Å². The third-order valence-corrected chi connectivity index (χ3v) is 4.23. The fourth-order valence-electron chi connectivity index (χ4n) is 3.11. The molecule has 6 heteroatoms. The van der Waals surface area contributed by atoms with Crippen LogP contribution in [-0.2, 0) is 11.3 Å². The fraction of sp³-hybridized carbons (Fsp3) is 0.444. The van der Waals surface area contributed by atoms with Gasteiger partial charge in [0.15, 0.2) is 0 Å². The Balaban J connectivity index is 1.50. The van der Waals surface area contributed by atoms with E-state index in [1.54, 1.807) is 4.90 Å². The van der Waals surface area contributed by atoms with Crippen molar-refractivity contribution in [3.63, 3.8) is 0 Å². The maximum Gasteiger partial charge on any atom is 0.222 e.